The molecule has 0 saturated carbocycles. The van der Waals surface area contributed by atoms with E-state index in [4.69, 9.17) is 21.1 Å². The van der Waals surface area contributed by atoms with Gasteiger partial charge in [-0.2, -0.15) is 10.1 Å². The van der Waals surface area contributed by atoms with Gasteiger partial charge in [0.15, 0.2) is 5.82 Å². The molecule has 0 amide bonds. The fourth-order valence-corrected chi connectivity index (χ4v) is 2.79. The average molecular weight is 324 g/mol. The van der Waals surface area contributed by atoms with Gasteiger partial charge in [-0.1, -0.05) is 11.6 Å². The molecule has 0 aliphatic carbocycles. The van der Waals surface area contributed by atoms with Crippen molar-refractivity contribution in [2.45, 2.75) is 12.5 Å². The first-order valence-electron chi connectivity index (χ1n) is 7.09. The van der Waals surface area contributed by atoms with Crippen LogP contribution in [0.3, 0.4) is 0 Å². The Labute approximate surface area is 133 Å². The molecule has 0 spiro atoms. The van der Waals surface area contributed by atoms with Crippen LogP contribution in [0, 0.1) is 5.92 Å². The van der Waals surface area contributed by atoms with Crippen LogP contribution in [0.25, 0.3) is 0 Å². The average Bonchev–Trinajstić information content (AvgIpc) is 3.14. The zero-order chi connectivity index (χ0) is 15.5. The number of nitrogens with zero attached hydrogens (tertiary/aromatic N) is 4. The van der Waals surface area contributed by atoms with Crippen LogP contribution in [0.5, 0.6) is 6.01 Å². The second kappa shape index (κ2) is 6.50. The summed E-state index contributed by atoms with van der Waals surface area (Å²) in [5.41, 5.74) is 1.08. The van der Waals surface area contributed by atoms with E-state index < -0.39 is 0 Å². The van der Waals surface area contributed by atoms with Crippen molar-refractivity contribution >= 4 is 17.4 Å². The molecule has 7 nitrogen and oxygen atoms in total. The number of anilines is 1. The Balaban J connectivity index is 1.69. The first-order chi connectivity index (χ1) is 10.7. The third kappa shape index (κ3) is 3.00. The zero-order valence-corrected chi connectivity index (χ0v) is 13.2. The number of aryl methyl sites for hydroxylation is 1. The maximum Gasteiger partial charge on any atom is 0.318 e. The second-order valence-corrected chi connectivity index (χ2v) is 5.56. The van der Waals surface area contributed by atoms with E-state index in [1.807, 2.05) is 17.8 Å². The van der Waals surface area contributed by atoms with Gasteiger partial charge in [0, 0.05) is 32.3 Å². The van der Waals surface area contributed by atoms with Crippen molar-refractivity contribution in [2.75, 3.05) is 25.6 Å². The number of halogens is 1. The summed E-state index contributed by atoms with van der Waals surface area (Å²) in [4.78, 5) is 8.19. The summed E-state index contributed by atoms with van der Waals surface area (Å²) in [5.74, 6) is 0.900. The molecule has 118 valence electrons. The second-order valence-electron chi connectivity index (χ2n) is 5.15. The van der Waals surface area contributed by atoms with Crippen molar-refractivity contribution < 1.29 is 9.47 Å². The summed E-state index contributed by atoms with van der Waals surface area (Å²) in [6, 6.07) is 2.28. The lowest BCUT2D eigenvalue weighted by Crippen LogP contribution is -2.20. The van der Waals surface area contributed by atoms with E-state index in [-0.39, 0.29) is 12.1 Å². The van der Waals surface area contributed by atoms with Gasteiger partial charge < -0.3 is 14.8 Å². The number of hydrogen-bond donors (Lipinski definition) is 1. The maximum atomic E-state index is 6.11. The molecular formula is C14H18ClN5O2. The first-order valence-corrected chi connectivity index (χ1v) is 7.46. The lowest BCUT2D eigenvalue weighted by molar-refractivity contribution is 0.0866. The molecular weight excluding hydrogens is 306 g/mol. The predicted octanol–water partition coefficient (Wildman–Crippen LogP) is 2.06. The summed E-state index contributed by atoms with van der Waals surface area (Å²) < 4.78 is 12.7. The highest BCUT2D eigenvalue weighted by atomic mass is 35.5. The van der Waals surface area contributed by atoms with Crippen LogP contribution in [-0.2, 0) is 11.8 Å². The largest absolute Gasteiger partial charge is 0.467 e. The number of ether oxygens (including phenoxy) is 2. The summed E-state index contributed by atoms with van der Waals surface area (Å²) in [5, 5.41) is 7.95. The van der Waals surface area contributed by atoms with Crippen molar-refractivity contribution in [3.05, 3.63) is 29.2 Å². The molecule has 1 aliphatic heterocycles. The summed E-state index contributed by atoms with van der Waals surface area (Å²) in [6.45, 7) is 1.44. The van der Waals surface area contributed by atoms with Gasteiger partial charge >= 0.3 is 6.01 Å². The zero-order valence-electron chi connectivity index (χ0n) is 12.5. The quantitative estimate of drug-likeness (QED) is 0.908. The van der Waals surface area contributed by atoms with Gasteiger partial charge in [-0.05, 0) is 12.5 Å². The summed E-state index contributed by atoms with van der Waals surface area (Å²) in [6.07, 6.45) is 4.32. The van der Waals surface area contributed by atoms with Gasteiger partial charge in [-0.3, -0.25) is 4.68 Å². The van der Waals surface area contributed by atoms with Gasteiger partial charge in [0.1, 0.15) is 11.1 Å². The number of hydrogen-bond acceptors (Lipinski definition) is 6. The van der Waals surface area contributed by atoms with E-state index in [2.05, 4.69) is 20.4 Å². The molecule has 22 heavy (non-hydrogen) atoms. The molecule has 0 radical (unpaired) electrons. The third-order valence-corrected chi connectivity index (χ3v) is 4.08. The molecule has 1 saturated heterocycles. The van der Waals surface area contributed by atoms with Gasteiger partial charge in [0.2, 0.25) is 0 Å². The van der Waals surface area contributed by atoms with E-state index in [1.54, 1.807) is 6.20 Å². The normalized spacial score (nSPS) is 21.0. The summed E-state index contributed by atoms with van der Waals surface area (Å²) >= 11 is 6.11. The Kier molecular flexibility index (Phi) is 4.44. The highest BCUT2D eigenvalue weighted by Gasteiger charge is 2.31. The van der Waals surface area contributed by atoms with Crippen molar-refractivity contribution in [3.8, 4) is 6.01 Å². The number of aromatic nitrogens is 4. The molecule has 1 N–H and O–H groups in total. The van der Waals surface area contributed by atoms with E-state index >= 15 is 0 Å². The minimum Gasteiger partial charge on any atom is -0.467 e. The highest BCUT2D eigenvalue weighted by Crippen LogP contribution is 2.34. The van der Waals surface area contributed by atoms with Gasteiger partial charge in [0.05, 0.1) is 19.0 Å². The van der Waals surface area contributed by atoms with Crippen molar-refractivity contribution in [3.63, 3.8) is 0 Å². The van der Waals surface area contributed by atoms with Crippen molar-refractivity contribution in [2.24, 2.45) is 13.0 Å². The molecule has 1 fully saturated rings. The highest BCUT2D eigenvalue weighted by molar-refractivity contribution is 6.32. The van der Waals surface area contributed by atoms with E-state index in [0.717, 1.165) is 18.7 Å². The van der Waals surface area contributed by atoms with E-state index in [1.165, 1.54) is 13.3 Å². The number of methoxy groups -OCH3 is 1. The van der Waals surface area contributed by atoms with Gasteiger partial charge in [-0.15, -0.1) is 0 Å². The number of rotatable bonds is 5. The van der Waals surface area contributed by atoms with Crippen LogP contribution in [0.4, 0.5) is 5.82 Å². The Hall–Kier alpha value is -1.86. The monoisotopic (exact) mass is 323 g/mol. The molecule has 3 rings (SSSR count). The van der Waals surface area contributed by atoms with Crippen LogP contribution in [-0.4, -0.2) is 40.0 Å². The molecule has 8 heteroatoms. The standard InChI is InChI=1S/C14H18ClN5O2/c1-20-11(3-5-18-20)12-9(4-6-22-12)7-16-13-10(15)8-17-14(19-13)21-2/h3,5,8-9,12H,4,6-7H2,1-2H3,(H,16,17,19)/t9-,12+/m0/s1. The first kappa shape index (κ1) is 15.1. The fraction of sp³-hybridized carbons (Fsp3) is 0.500. The fourth-order valence-electron chi connectivity index (χ4n) is 2.63. The maximum absolute atomic E-state index is 6.11. The minimum absolute atomic E-state index is 0.0301. The topological polar surface area (TPSA) is 74.1 Å². The molecule has 2 aromatic rings. The Morgan fingerprint density at radius 1 is 1.55 bits per heavy atom. The lowest BCUT2D eigenvalue weighted by atomic mass is 9.99. The van der Waals surface area contributed by atoms with Gasteiger partial charge in [-0.25, -0.2) is 4.98 Å². The third-order valence-electron chi connectivity index (χ3n) is 3.80. The van der Waals surface area contributed by atoms with Crippen LogP contribution >= 0.6 is 11.6 Å². The van der Waals surface area contributed by atoms with Crippen LogP contribution in [0.1, 0.15) is 18.2 Å². The predicted molar refractivity (Wildman–Crippen MR) is 82.1 cm³/mol. The Bertz CT molecular complexity index is 648. The van der Waals surface area contributed by atoms with Crippen LogP contribution in [0.2, 0.25) is 5.02 Å². The Morgan fingerprint density at radius 3 is 3.14 bits per heavy atom. The molecule has 2 atom stereocenters. The molecule has 1 aliphatic rings. The molecule has 0 aromatic carbocycles. The van der Waals surface area contributed by atoms with Crippen LogP contribution in [0.15, 0.2) is 18.5 Å². The molecule has 3 heterocycles. The lowest BCUT2D eigenvalue weighted by Gasteiger charge is -2.19. The summed E-state index contributed by atoms with van der Waals surface area (Å²) in [7, 11) is 3.45. The molecule has 0 unspecified atom stereocenters. The van der Waals surface area contributed by atoms with Crippen molar-refractivity contribution in [1.29, 1.82) is 0 Å². The van der Waals surface area contributed by atoms with E-state index in [9.17, 15) is 0 Å². The minimum atomic E-state index is 0.0301. The Morgan fingerprint density at radius 2 is 2.41 bits per heavy atom. The SMILES string of the molecule is COc1ncc(Cl)c(NC[C@@H]2CCO[C@H]2c2ccnn2C)n1. The molecule has 2 aromatic heterocycles. The molecule has 0 bridgehead atoms. The number of nitrogens with one attached hydrogen (secondary N) is 1. The smallest absolute Gasteiger partial charge is 0.318 e. The van der Waals surface area contributed by atoms with E-state index in [0.29, 0.717) is 23.3 Å². The van der Waals surface area contributed by atoms with Gasteiger partial charge in [0.25, 0.3) is 0 Å². The van der Waals surface area contributed by atoms with Crippen molar-refractivity contribution in [1.82, 2.24) is 19.7 Å². The van der Waals surface area contributed by atoms with Crippen LogP contribution < -0.4 is 10.1 Å².